The molecule has 1 aliphatic rings. The Kier molecular flexibility index (Phi) is 8.16. The highest BCUT2D eigenvalue weighted by atomic mass is 35.5. The topological polar surface area (TPSA) is 59.2 Å². The molecule has 1 aromatic heterocycles. The zero-order valence-corrected chi connectivity index (χ0v) is 16.1. The Morgan fingerprint density at radius 3 is 2.92 bits per heavy atom. The Hall–Kier alpha value is -1.14. The van der Waals surface area contributed by atoms with Gasteiger partial charge in [0, 0.05) is 30.1 Å². The molecular weight excluding hydrogens is 365 g/mol. The van der Waals surface area contributed by atoms with Crippen LogP contribution in [0.3, 0.4) is 0 Å². The van der Waals surface area contributed by atoms with Crippen molar-refractivity contribution in [1.82, 2.24) is 9.88 Å². The maximum Gasteiger partial charge on any atom is 0.228 e. The number of aromatic nitrogens is 1. The van der Waals surface area contributed by atoms with Gasteiger partial charge in [-0.1, -0.05) is 23.8 Å². The molecule has 24 heavy (non-hydrogen) atoms. The third kappa shape index (κ3) is 4.70. The minimum atomic E-state index is 0. The lowest BCUT2D eigenvalue weighted by molar-refractivity contribution is -0.131. The molecule has 0 radical (unpaired) electrons. The summed E-state index contributed by atoms with van der Waals surface area (Å²) in [6.07, 6.45) is 2.45. The molecule has 2 heterocycles. The summed E-state index contributed by atoms with van der Waals surface area (Å²) in [4.78, 5) is 19.0. The molecule has 4 nitrogen and oxygen atoms in total. The summed E-state index contributed by atoms with van der Waals surface area (Å²) in [5.41, 5.74) is 8.93. The zero-order valence-electron chi connectivity index (χ0n) is 13.6. The van der Waals surface area contributed by atoms with Gasteiger partial charge >= 0.3 is 0 Å². The quantitative estimate of drug-likeness (QED) is 0.873. The van der Waals surface area contributed by atoms with Crippen molar-refractivity contribution >= 4 is 42.1 Å². The SMILES string of the molecule is Cc1cccc(-c2nc(CC(=O)N3CCCC3CN)cs2)c1.Cl.Cl. The van der Waals surface area contributed by atoms with Crippen LogP contribution >= 0.6 is 36.2 Å². The minimum absolute atomic E-state index is 0. The molecule has 2 N–H and O–H groups in total. The maximum absolute atomic E-state index is 12.4. The highest BCUT2D eigenvalue weighted by Crippen LogP contribution is 2.25. The van der Waals surface area contributed by atoms with Crippen LogP contribution in [0.15, 0.2) is 29.6 Å². The smallest absolute Gasteiger partial charge is 0.228 e. The number of carbonyl (C=O) groups excluding carboxylic acids is 1. The number of benzene rings is 1. The van der Waals surface area contributed by atoms with E-state index < -0.39 is 0 Å². The summed E-state index contributed by atoms with van der Waals surface area (Å²) in [6, 6.07) is 8.49. The molecule has 7 heteroatoms. The first-order valence-corrected chi connectivity index (χ1v) is 8.56. The van der Waals surface area contributed by atoms with Crippen LogP contribution in [0.5, 0.6) is 0 Å². The predicted molar refractivity (Wildman–Crippen MR) is 104 cm³/mol. The molecule has 0 aliphatic carbocycles. The van der Waals surface area contributed by atoms with Crippen LogP contribution < -0.4 is 5.73 Å². The summed E-state index contributed by atoms with van der Waals surface area (Å²) in [5.74, 6) is 0.147. The van der Waals surface area contributed by atoms with Gasteiger partial charge in [0.05, 0.1) is 12.1 Å². The van der Waals surface area contributed by atoms with Crippen LogP contribution in [-0.2, 0) is 11.2 Å². The Morgan fingerprint density at radius 1 is 1.42 bits per heavy atom. The van der Waals surface area contributed by atoms with Crippen LogP contribution in [0.2, 0.25) is 0 Å². The summed E-state index contributed by atoms with van der Waals surface area (Å²) in [7, 11) is 0. The van der Waals surface area contributed by atoms with Crippen molar-refractivity contribution in [3.05, 3.63) is 40.9 Å². The molecule has 1 aromatic carbocycles. The zero-order chi connectivity index (χ0) is 15.5. The second-order valence-electron chi connectivity index (χ2n) is 5.81. The lowest BCUT2D eigenvalue weighted by Gasteiger charge is -2.23. The van der Waals surface area contributed by atoms with Gasteiger partial charge in [0.25, 0.3) is 0 Å². The van der Waals surface area contributed by atoms with Crippen molar-refractivity contribution in [2.45, 2.75) is 32.2 Å². The lowest BCUT2D eigenvalue weighted by Crippen LogP contribution is -2.40. The number of hydrogen-bond acceptors (Lipinski definition) is 4. The average Bonchev–Trinajstić information content (AvgIpc) is 3.15. The molecule has 1 amide bonds. The van der Waals surface area contributed by atoms with E-state index >= 15 is 0 Å². The van der Waals surface area contributed by atoms with Crippen molar-refractivity contribution in [3.8, 4) is 10.6 Å². The van der Waals surface area contributed by atoms with Gasteiger partial charge in [0.15, 0.2) is 0 Å². The van der Waals surface area contributed by atoms with Gasteiger partial charge in [0.1, 0.15) is 5.01 Å². The first-order chi connectivity index (χ1) is 10.7. The van der Waals surface area contributed by atoms with Gasteiger partial charge in [-0.15, -0.1) is 36.2 Å². The van der Waals surface area contributed by atoms with Gasteiger partial charge in [-0.2, -0.15) is 0 Å². The van der Waals surface area contributed by atoms with E-state index in [2.05, 4.69) is 30.1 Å². The van der Waals surface area contributed by atoms with E-state index in [1.165, 1.54) is 5.56 Å². The first kappa shape index (κ1) is 20.9. The van der Waals surface area contributed by atoms with Gasteiger partial charge in [-0.05, 0) is 25.8 Å². The van der Waals surface area contributed by atoms with Crippen LogP contribution in [0.25, 0.3) is 10.6 Å². The second kappa shape index (κ2) is 9.37. The summed E-state index contributed by atoms with van der Waals surface area (Å²) >= 11 is 1.60. The number of thiazole rings is 1. The molecule has 1 fully saturated rings. The maximum atomic E-state index is 12.4. The Labute approximate surface area is 159 Å². The van der Waals surface area contributed by atoms with E-state index in [0.717, 1.165) is 35.7 Å². The molecule has 1 saturated heterocycles. The van der Waals surface area contributed by atoms with Crippen LogP contribution in [0.4, 0.5) is 0 Å². The van der Waals surface area contributed by atoms with E-state index in [9.17, 15) is 4.79 Å². The molecule has 0 saturated carbocycles. The fourth-order valence-corrected chi connectivity index (χ4v) is 3.78. The van der Waals surface area contributed by atoms with Gasteiger partial charge in [-0.3, -0.25) is 4.79 Å². The molecular formula is C17H23Cl2N3OS. The molecule has 1 atom stereocenters. The van der Waals surface area contributed by atoms with Gasteiger partial charge < -0.3 is 10.6 Å². The van der Waals surface area contributed by atoms with E-state index in [4.69, 9.17) is 5.73 Å². The van der Waals surface area contributed by atoms with Crippen molar-refractivity contribution in [1.29, 1.82) is 0 Å². The summed E-state index contributed by atoms with van der Waals surface area (Å²) in [6.45, 7) is 3.45. The number of nitrogens with two attached hydrogens (primary N) is 1. The van der Waals surface area contributed by atoms with Gasteiger partial charge in [0.2, 0.25) is 5.91 Å². The number of nitrogens with zero attached hydrogens (tertiary/aromatic N) is 2. The monoisotopic (exact) mass is 387 g/mol. The molecule has 0 spiro atoms. The third-order valence-electron chi connectivity index (χ3n) is 4.12. The average molecular weight is 388 g/mol. The Bertz CT molecular complexity index is 677. The number of rotatable bonds is 4. The number of halogens is 2. The van der Waals surface area contributed by atoms with Crippen molar-refractivity contribution in [3.63, 3.8) is 0 Å². The highest BCUT2D eigenvalue weighted by molar-refractivity contribution is 7.13. The lowest BCUT2D eigenvalue weighted by atomic mass is 10.1. The highest BCUT2D eigenvalue weighted by Gasteiger charge is 2.27. The van der Waals surface area contributed by atoms with E-state index in [1.807, 2.05) is 16.3 Å². The molecule has 1 aliphatic heterocycles. The van der Waals surface area contributed by atoms with E-state index in [1.54, 1.807) is 11.3 Å². The van der Waals surface area contributed by atoms with Crippen LogP contribution in [0.1, 0.15) is 24.1 Å². The summed E-state index contributed by atoms with van der Waals surface area (Å²) in [5, 5.41) is 2.96. The predicted octanol–water partition coefficient (Wildman–Crippen LogP) is 3.45. The van der Waals surface area contributed by atoms with Crippen LogP contribution in [0, 0.1) is 6.92 Å². The molecule has 0 bridgehead atoms. The number of likely N-dealkylation sites (tertiary alicyclic amines) is 1. The fourth-order valence-electron chi connectivity index (χ4n) is 2.96. The fraction of sp³-hybridized carbons (Fsp3) is 0.412. The third-order valence-corrected chi connectivity index (χ3v) is 5.06. The Morgan fingerprint density at radius 2 is 2.21 bits per heavy atom. The molecule has 132 valence electrons. The van der Waals surface area contributed by atoms with Crippen molar-refractivity contribution < 1.29 is 4.79 Å². The molecule has 2 aromatic rings. The van der Waals surface area contributed by atoms with Crippen LogP contribution in [-0.4, -0.2) is 34.9 Å². The van der Waals surface area contributed by atoms with E-state index in [0.29, 0.717) is 13.0 Å². The number of carbonyl (C=O) groups is 1. The number of amides is 1. The van der Waals surface area contributed by atoms with Crippen molar-refractivity contribution in [2.75, 3.05) is 13.1 Å². The van der Waals surface area contributed by atoms with Gasteiger partial charge in [-0.25, -0.2) is 4.98 Å². The second-order valence-corrected chi connectivity index (χ2v) is 6.67. The standard InChI is InChI=1S/C17H21N3OS.2ClH/c1-12-4-2-5-13(8-12)17-19-14(11-22-17)9-16(21)20-7-3-6-15(20)10-18;;/h2,4-5,8,11,15H,3,6-7,9-10,18H2,1H3;2*1H. The summed E-state index contributed by atoms with van der Waals surface area (Å²) < 4.78 is 0. The first-order valence-electron chi connectivity index (χ1n) is 7.68. The van der Waals surface area contributed by atoms with E-state index in [-0.39, 0.29) is 36.8 Å². The largest absolute Gasteiger partial charge is 0.338 e. The molecule has 1 unspecified atom stereocenters. The number of hydrogen-bond donors (Lipinski definition) is 1. The normalized spacial score (nSPS) is 16.4. The Balaban J connectivity index is 0.00000144. The van der Waals surface area contributed by atoms with Crippen molar-refractivity contribution in [2.24, 2.45) is 5.73 Å². The molecule has 3 rings (SSSR count). The number of aryl methyl sites for hydroxylation is 1. The minimum Gasteiger partial charge on any atom is -0.338 e.